The highest BCUT2D eigenvalue weighted by Crippen LogP contribution is 2.18. The first-order valence-corrected chi connectivity index (χ1v) is 26.3. The molecule has 0 spiro atoms. The van der Waals surface area contributed by atoms with Gasteiger partial charge in [0.25, 0.3) is 0 Å². The Hall–Kier alpha value is -1.59. The summed E-state index contributed by atoms with van der Waals surface area (Å²) < 4.78 is 16.7. The van der Waals surface area contributed by atoms with Crippen LogP contribution in [-0.2, 0) is 28.6 Å². The van der Waals surface area contributed by atoms with Gasteiger partial charge in [0, 0.05) is 19.3 Å². The van der Waals surface area contributed by atoms with E-state index in [1.54, 1.807) is 0 Å². The molecule has 0 aliphatic rings. The Balaban J connectivity index is 4.11. The molecule has 3 atom stereocenters. The van der Waals surface area contributed by atoms with Crippen LogP contribution < -0.4 is 0 Å². The maximum Gasteiger partial charge on any atom is 0.306 e. The van der Waals surface area contributed by atoms with E-state index < -0.39 is 6.10 Å². The molecule has 0 aliphatic heterocycles. The monoisotopic (exact) mass is 835 g/mol. The summed E-state index contributed by atoms with van der Waals surface area (Å²) in [5.41, 5.74) is 0. The van der Waals surface area contributed by atoms with Crippen LogP contribution in [0.15, 0.2) is 0 Å². The Kier molecular flexibility index (Phi) is 44.7. The Morgan fingerprint density at radius 2 is 0.593 bits per heavy atom. The van der Waals surface area contributed by atoms with E-state index in [0.717, 1.165) is 69.6 Å². The molecule has 0 aromatic rings. The first-order valence-electron chi connectivity index (χ1n) is 26.3. The fourth-order valence-electron chi connectivity index (χ4n) is 7.93. The van der Waals surface area contributed by atoms with Gasteiger partial charge in [-0.25, -0.2) is 0 Å². The van der Waals surface area contributed by atoms with E-state index in [2.05, 4.69) is 34.6 Å². The Morgan fingerprint density at radius 3 is 0.881 bits per heavy atom. The molecule has 0 saturated heterocycles. The Morgan fingerprint density at radius 1 is 0.339 bits per heavy atom. The molecule has 0 saturated carbocycles. The van der Waals surface area contributed by atoms with Crippen LogP contribution in [0, 0.1) is 11.8 Å². The fraction of sp³-hybridized carbons (Fsp3) is 0.943. The van der Waals surface area contributed by atoms with E-state index in [1.165, 1.54) is 180 Å². The lowest BCUT2D eigenvalue weighted by Gasteiger charge is -2.18. The molecule has 0 fully saturated rings. The molecule has 6 heteroatoms. The summed E-state index contributed by atoms with van der Waals surface area (Å²) in [6.07, 6.45) is 46.7. The van der Waals surface area contributed by atoms with Gasteiger partial charge in [0.15, 0.2) is 6.10 Å². The standard InChI is InChI=1S/C53H102O6/c1-6-9-10-11-26-33-38-43-51(54)57-46-50(59-53(56)45-40-35-30-25-24-28-32-37-42-49(5)8-3)47-58-52(55)44-39-34-29-23-21-19-17-15-13-12-14-16-18-20-22-27-31-36-41-48(4)7-2/h48-50H,6-47H2,1-5H3/t48?,49?,50-/m1/s1. The van der Waals surface area contributed by atoms with E-state index >= 15 is 0 Å². The summed E-state index contributed by atoms with van der Waals surface area (Å²) in [5.74, 6) is 0.898. The Bertz CT molecular complexity index is 904. The first-order chi connectivity index (χ1) is 28.8. The summed E-state index contributed by atoms with van der Waals surface area (Å²) in [5, 5.41) is 0. The third-order valence-electron chi connectivity index (χ3n) is 12.7. The second-order valence-corrected chi connectivity index (χ2v) is 18.6. The average molecular weight is 835 g/mol. The van der Waals surface area contributed by atoms with Crippen molar-refractivity contribution < 1.29 is 28.6 Å². The molecule has 350 valence electrons. The van der Waals surface area contributed by atoms with Crippen LogP contribution in [0.3, 0.4) is 0 Å². The zero-order valence-electron chi connectivity index (χ0n) is 40.4. The van der Waals surface area contributed by atoms with Gasteiger partial charge in [-0.15, -0.1) is 0 Å². The lowest BCUT2D eigenvalue weighted by Crippen LogP contribution is -2.30. The third-order valence-corrected chi connectivity index (χ3v) is 12.7. The smallest absolute Gasteiger partial charge is 0.306 e. The molecular weight excluding hydrogens is 733 g/mol. The van der Waals surface area contributed by atoms with Gasteiger partial charge in [0.2, 0.25) is 0 Å². The lowest BCUT2D eigenvalue weighted by molar-refractivity contribution is -0.167. The van der Waals surface area contributed by atoms with Gasteiger partial charge < -0.3 is 14.2 Å². The third kappa shape index (κ3) is 44.3. The van der Waals surface area contributed by atoms with Crippen molar-refractivity contribution in [1.29, 1.82) is 0 Å². The molecular formula is C53H102O6. The number of ether oxygens (including phenoxy) is 3. The van der Waals surface area contributed by atoms with Crippen molar-refractivity contribution in [2.24, 2.45) is 11.8 Å². The average Bonchev–Trinajstić information content (AvgIpc) is 3.23. The van der Waals surface area contributed by atoms with Crippen molar-refractivity contribution in [3.63, 3.8) is 0 Å². The van der Waals surface area contributed by atoms with Crippen molar-refractivity contribution in [2.75, 3.05) is 13.2 Å². The summed E-state index contributed by atoms with van der Waals surface area (Å²) in [6.45, 7) is 11.4. The van der Waals surface area contributed by atoms with Crippen LogP contribution in [0.5, 0.6) is 0 Å². The number of rotatable bonds is 47. The van der Waals surface area contributed by atoms with E-state index in [1.807, 2.05) is 0 Å². The molecule has 6 nitrogen and oxygen atoms in total. The fourth-order valence-corrected chi connectivity index (χ4v) is 7.93. The van der Waals surface area contributed by atoms with Crippen molar-refractivity contribution in [3.05, 3.63) is 0 Å². The molecule has 0 radical (unpaired) electrons. The minimum absolute atomic E-state index is 0.0644. The van der Waals surface area contributed by atoms with Crippen molar-refractivity contribution in [2.45, 2.75) is 298 Å². The number of hydrogen-bond acceptors (Lipinski definition) is 6. The summed E-state index contributed by atoms with van der Waals surface area (Å²) in [7, 11) is 0. The lowest BCUT2D eigenvalue weighted by atomic mass is 9.99. The van der Waals surface area contributed by atoms with Gasteiger partial charge >= 0.3 is 17.9 Å². The highest BCUT2D eigenvalue weighted by Gasteiger charge is 2.19. The summed E-state index contributed by atoms with van der Waals surface area (Å²) >= 11 is 0. The number of unbranched alkanes of at least 4 members (excludes halogenated alkanes) is 30. The number of carbonyl (C=O) groups excluding carboxylic acids is 3. The van der Waals surface area contributed by atoms with Gasteiger partial charge in [0.05, 0.1) is 0 Å². The zero-order valence-corrected chi connectivity index (χ0v) is 40.4. The second-order valence-electron chi connectivity index (χ2n) is 18.6. The minimum Gasteiger partial charge on any atom is -0.462 e. The molecule has 0 heterocycles. The van der Waals surface area contributed by atoms with Gasteiger partial charge in [-0.2, -0.15) is 0 Å². The van der Waals surface area contributed by atoms with E-state index in [-0.39, 0.29) is 31.1 Å². The largest absolute Gasteiger partial charge is 0.462 e. The number of hydrogen-bond donors (Lipinski definition) is 0. The molecule has 0 bridgehead atoms. The predicted molar refractivity (Wildman–Crippen MR) is 252 cm³/mol. The zero-order chi connectivity index (χ0) is 43.3. The first kappa shape index (κ1) is 57.4. The number of esters is 3. The van der Waals surface area contributed by atoms with E-state index in [9.17, 15) is 14.4 Å². The van der Waals surface area contributed by atoms with Crippen LogP contribution in [-0.4, -0.2) is 37.2 Å². The SMILES string of the molecule is CCCCCCCCCC(=O)OC[C@H](COC(=O)CCCCCCCCCCCCCCCCCCCCC(C)CC)OC(=O)CCCCCCCCCCC(C)CC. The molecule has 2 unspecified atom stereocenters. The maximum atomic E-state index is 12.7. The molecule has 0 aliphatic carbocycles. The van der Waals surface area contributed by atoms with Crippen LogP contribution >= 0.6 is 0 Å². The van der Waals surface area contributed by atoms with Gasteiger partial charge in [-0.1, -0.05) is 253 Å². The highest BCUT2D eigenvalue weighted by molar-refractivity contribution is 5.71. The van der Waals surface area contributed by atoms with Crippen molar-refractivity contribution >= 4 is 17.9 Å². The topological polar surface area (TPSA) is 78.9 Å². The van der Waals surface area contributed by atoms with E-state index in [4.69, 9.17) is 14.2 Å². The molecule has 0 aromatic heterocycles. The normalized spacial score (nSPS) is 13.0. The molecule has 59 heavy (non-hydrogen) atoms. The predicted octanol–water partition coefficient (Wildman–Crippen LogP) is 16.9. The molecule has 0 aromatic carbocycles. The van der Waals surface area contributed by atoms with Crippen molar-refractivity contribution in [3.8, 4) is 0 Å². The van der Waals surface area contributed by atoms with Crippen LogP contribution in [0.2, 0.25) is 0 Å². The molecule has 0 N–H and O–H groups in total. The molecule has 0 amide bonds. The van der Waals surface area contributed by atoms with Crippen LogP contribution in [0.1, 0.15) is 291 Å². The second kappa shape index (κ2) is 45.9. The quantitative estimate of drug-likeness (QED) is 0.0345. The van der Waals surface area contributed by atoms with Gasteiger partial charge in [-0.3, -0.25) is 14.4 Å². The van der Waals surface area contributed by atoms with E-state index in [0.29, 0.717) is 19.3 Å². The van der Waals surface area contributed by atoms with Crippen LogP contribution in [0.25, 0.3) is 0 Å². The highest BCUT2D eigenvalue weighted by atomic mass is 16.6. The van der Waals surface area contributed by atoms with Gasteiger partial charge in [-0.05, 0) is 31.1 Å². The van der Waals surface area contributed by atoms with Gasteiger partial charge in [0.1, 0.15) is 13.2 Å². The van der Waals surface area contributed by atoms with Crippen LogP contribution in [0.4, 0.5) is 0 Å². The summed E-state index contributed by atoms with van der Waals surface area (Å²) in [6, 6.07) is 0. The summed E-state index contributed by atoms with van der Waals surface area (Å²) in [4.78, 5) is 37.8. The minimum atomic E-state index is -0.760. The molecule has 0 rings (SSSR count). The Labute approximate surface area is 368 Å². The maximum absolute atomic E-state index is 12.7. The van der Waals surface area contributed by atoms with Crippen molar-refractivity contribution in [1.82, 2.24) is 0 Å². The number of carbonyl (C=O) groups is 3.